The summed E-state index contributed by atoms with van der Waals surface area (Å²) in [6, 6.07) is 8.46. The second kappa shape index (κ2) is 20.3. The summed E-state index contributed by atoms with van der Waals surface area (Å²) in [5, 5.41) is 147. The van der Waals surface area contributed by atoms with E-state index in [9.17, 15) is 76.3 Å². The second-order valence-electron chi connectivity index (χ2n) is 16.0. The molecule has 4 heterocycles. The zero-order valence-corrected chi connectivity index (χ0v) is 35.3. The van der Waals surface area contributed by atoms with Gasteiger partial charge in [-0.3, -0.25) is 0 Å². The van der Waals surface area contributed by atoms with Gasteiger partial charge in [0, 0.05) is 18.2 Å². The van der Waals surface area contributed by atoms with E-state index in [1.807, 2.05) is 0 Å². The lowest BCUT2D eigenvalue weighted by atomic mass is 9.97. The lowest BCUT2D eigenvalue weighted by Crippen LogP contribution is -2.61. The Morgan fingerprint density at radius 3 is 2.03 bits per heavy atom. The van der Waals surface area contributed by atoms with Crippen LogP contribution in [0.15, 0.2) is 54.3 Å². The van der Waals surface area contributed by atoms with Crippen molar-refractivity contribution in [1.82, 2.24) is 0 Å². The molecule has 3 fully saturated rings. The Morgan fingerprint density at radius 2 is 1.36 bits per heavy atom. The van der Waals surface area contributed by atoms with Crippen LogP contribution in [-0.4, -0.2) is 195 Å². The molecule has 0 aliphatic carbocycles. The molecule has 0 aromatic heterocycles. The van der Waals surface area contributed by atoms with Gasteiger partial charge in [-0.1, -0.05) is 6.07 Å². The molecule has 3 aromatic rings. The zero-order valence-electron chi connectivity index (χ0n) is 35.3. The highest BCUT2D eigenvalue weighted by atomic mass is 16.7. The van der Waals surface area contributed by atoms with Crippen LogP contribution in [0, 0.1) is 0 Å². The van der Waals surface area contributed by atoms with Crippen LogP contribution >= 0.6 is 0 Å². The average molecular weight is 952 g/mol. The molecular formula is C43H51O24+. The molecule has 0 radical (unpaired) electrons. The monoisotopic (exact) mass is 951 g/mol. The van der Waals surface area contributed by atoms with Gasteiger partial charge in [-0.15, -0.1) is 0 Å². The minimum absolute atomic E-state index is 0.00971. The van der Waals surface area contributed by atoms with Crippen molar-refractivity contribution in [1.29, 1.82) is 0 Å². The molecular weight excluding hydrogens is 900 g/mol. The Bertz CT molecular complexity index is 2300. The molecule has 7 rings (SSSR count). The van der Waals surface area contributed by atoms with Gasteiger partial charge in [0.15, 0.2) is 41.2 Å². The molecule has 3 aromatic carbocycles. The van der Waals surface area contributed by atoms with Crippen molar-refractivity contribution < 1.29 is 119 Å². The van der Waals surface area contributed by atoms with Crippen LogP contribution in [0.1, 0.15) is 29.7 Å². The number of esters is 1. The van der Waals surface area contributed by atoms with Gasteiger partial charge >= 0.3 is 5.97 Å². The minimum atomic E-state index is -2.00. The molecule has 366 valence electrons. The van der Waals surface area contributed by atoms with Crippen molar-refractivity contribution in [2.75, 3.05) is 20.3 Å². The molecule has 3 saturated heterocycles. The van der Waals surface area contributed by atoms with E-state index in [1.54, 1.807) is 0 Å². The van der Waals surface area contributed by atoms with Crippen molar-refractivity contribution in [3.63, 3.8) is 0 Å². The van der Waals surface area contributed by atoms with Crippen LogP contribution in [0.3, 0.4) is 0 Å². The number of aliphatic hydroxyl groups is 10. The molecule has 24 heteroatoms. The first kappa shape index (κ1) is 49.2. The third kappa shape index (κ3) is 10.3. The number of ether oxygens (including phenoxy) is 9. The normalized spacial score (nSPS) is 34.1. The van der Waals surface area contributed by atoms with Crippen LogP contribution in [0.2, 0.25) is 0 Å². The summed E-state index contributed by atoms with van der Waals surface area (Å²) in [7, 11) is 1.21. The van der Waals surface area contributed by atoms with E-state index >= 15 is 0 Å². The van der Waals surface area contributed by atoms with Crippen molar-refractivity contribution in [2.45, 2.75) is 105 Å². The first-order chi connectivity index (χ1) is 31.8. The van der Waals surface area contributed by atoms with Gasteiger partial charge in [-0.2, -0.15) is 0 Å². The maximum atomic E-state index is 12.6. The van der Waals surface area contributed by atoms with E-state index in [2.05, 4.69) is 4.74 Å². The smallest absolute Gasteiger partial charge is 0.331 e. The summed E-state index contributed by atoms with van der Waals surface area (Å²) in [4.78, 5) is 12.6. The Morgan fingerprint density at radius 1 is 0.701 bits per heavy atom. The molecule has 4 aliphatic rings. The lowest BCUT2D eigenvalue weighted by molar-refractivity contribution is -0.325. The molecule has 16 atom stereocenters. The van der Waals surface area contributed by atoms with Crippen LogP contribution < -0.4 is 9.47 Å². The lowest BCUT2D eigenvalue weighted by Gasteiger charge is -2.43. The number of fused-ring (bicyclic) bond motifs is 1. The van der Waals surface area contributed by atoms with Crippen LogP contribution in [0.4, 0.5) is 0 Å². The summed E-state index contributed by atoms with van der Waals surface area (Å²) in [5.74, 6) is -4.18. The Balaban J connectivity index is 1.10. The van der Waals surface area contributed by atoms with E-state index < -0.39 is 140 Å². The van der Waals surface area contributed by atoms with E-state index in [0.29, 0.717) is 5.56 Å². The number of hydrogen-bond donors (Lipinski definition) is 14. The van der Waals surface area contributed by atoms with Gasteiger partial charge in [-0.05, 0) is 42.8 Å². The number of carbonyl (C=O) groups is 1. The van der Waals surface area contributed by atoms with E-state index in [4.69, 9.17) is 37.9 Å². The Hall–Kier alpha value is -5.71. The number of rotatable bonds is 13. The van der Waals surface area contributed by atoms with E-state index in [0.717, 1.165) is 18.2 Å². The topological polar surface area (TPSA) is 387 Å². The first-order valence-electron chi connectivity index (χ1n) is 20.6. The molecule has 0 bridgehead atoms. The number of phenols is 5. The SMILES string of the molecule is COc1cc(C2[OH+]c3cc(O)cc(OC4OC(CO)C(O)C(O)C4O)c3C=C2OC2OC(COC3OC(C)C(OC(=O)C=Cc4ccc(O)c(O)c4)C(O)C3O)C(O)C(O)C2O)cc(O)c1O. The molecule has 4 aliphatic heterocycles. The van der Waals surface area contributed by atoms with Crippen LogP contribution in [0.25, 0.3) is 12.2 Å². The van der Waals surface area contributed by atoms with Crippen LogP contribution in [0.5, 0.6) is 46.0 Å². The third-order valence-electron chi connectivity index (χ3n) is 11.4. The number of hydrogen-bond acceptors (Lipinski definition) is 23. The summed E-state index contributed by atoms with van der Waals surface area (Å²) < 4.78 is 49.9. The Labute approximate surface area is 379 Å². The third-order valence-corrected chi connectivity index (χ3v) is 11.4. The average Bonchev–Trinajstić information content (AvgIpc) is 3.30. The van der Waals surface area contributed by atoms with Crippen molar-refractivity contribution in [3.05, 3.63) is 71.0 Å². The number of carbonyl (C=O) groups excluding carboxylic acids is 1. The van der Waals surface area contributed by atoms with Crippen molar-refractivity contribution in [2.24, 2.45) is 0 Å². The molecule has 24 nitrogen and oxygen atoms in total. The summed E-state index contributed by atoms with van der Waals surface area (Å²) in [5.41, 5.74) is 0.425. The van der Waals surface area contributed by atoms with Gasteiger partial charge in [0.25, 0.3) is 11.9 Å². The van der Waals surface area contributed by atoms with Crippen molar-refractivity contribution in [3.8, 4) is 46.0 Å². The maximum Gasteiger partial charge on any atom is 0.331 e. The van der Waals surface area contributed by atoms with E-state index in [-0.39, 0.29) is 39.9 Å². The number of aromatic hydroxyl groups is 6. The largest absolute Gasteiger partial charge is 0.571 e. The molecule has 67 heavy (non-hydrogen) atoms. The van der Waals surface area contributed by atoms with Gasteiger partial charge < -0.3 is 114 Å². The number of aliphatic hydroxyl groups excluding tert-OH is 9. The predicted octanol–water partition coefficient (Wildman–Crippen LogP) is -2.33. The highest BCUT2D eigenvalue weighted by molar-refractivity contribution is 5.87. The highest BCUT2D eigenvalue weighted by Crippen LogP contribution is 2.49. The molecule has 0 spiro atoms. The maximum absolute atomic E-state index is 12.6. The molecule has 16 unspecified atom stereocenters. The summed E-state index contributed by atoms with van der Waals surface area (Å²) >= 11 is 0. The number of phenolic OH excluding ortho intramolecular Hbond substituents is 5. The first-order valence-corrected chi connectivity index (χ1v) is 20.6. The standard InChI is InChI=1S/C43H50O24/c1-15-39(67-29(49)6-4-16-3-5-20(46)21(47)7-16)35(55)38(58)41(61-15)60-14-28-32(52)34(54)37(57)43(66-28)64-26-12-19-23(62-40(26)17-8-22(48)30(50)25(9-17)59-2)10-18(45)11-24(19)63-42-36(56)33(53)31(51)27(13-44)65-42/h3-12,15,27-28,31-48,50-58H,13-14H2,1-2H3/p+1. The van der Waals surface area contributed by atoms with Gasteiger partial charge in [0.1, 0.15) is 78.1 Å². The summed E-state index contributed by atoms with van der Waals surface area (Å²) in [6.07, 6.45) is -23.4. The number of methoxy groups -OCH3 is 1. The number of benzene rings is 3. The van der Waals surface area contributed by atoms with Gasteiger partial charge in [-0.25, -0.2) is 4.79 Å². The second-order valence-corrected chi connectivity index (χ2v) is 16.0. The fraction of sp³-hybridized carbons (Fsp3) is 0.465. The fourth-order valence-electron chi connectivity index (χ4n) is 7.69. The minimum Gasteiger partial charge on any atom is -0.571 e. The molecule has 0 amide bonds. The quantitative estimate of drug-likeness (QED) is 0.0370. The highest BCUT2D eigenvalue weighted by Gasteiger charge is 2.50. The zero-order chi connectivity index (χ0) is 48.6. The van der Waals surface area contributed by atoms with Gasteiger partial charge in [0.05, 0.1) is 38.1 Å². The van der Waals surface area contributed by atoms with Crippen molar-refractivity contribution >= 4 is 18.1 Å². The predicted molar refractivity (Wildman–Crippen MR) is 220 cm³/mol. The fourth-order valence-corrected chi connectivity index (χ4v) is 7.69. The van der Waals surface area contributed by atoms with E-state index in [1.165, 1.54) is 56.5 Å². The van der Waals surface area contributed by atoms with Crippen LogP contribution in [-0.2, 0) is 33.2 Å². The molecule has 0 saturated carbocycles. The molecule has 15 N–H and O–H groups in total. The summed E-state index contributed by atoms with van der Waals surface area (Å²) in [6.45, 7) is -0.0572. The van der Waals surface area contributed by atoms with Gasteiger partial charge in [0.2, 0.25) is 18.3 Å². The Kier molecular flexibility index (Phi) is 14.9.